The molecule has 3 aromatic rings. The standard InChI is InChI=1S/C23H21N3O3/c27-23(26-11-3-5-16-4-1-2-6-20(16)26)19-9-7-18(15-24-19)25-17-8-10-21-22(14-17)29-13-12-28-21/h1-2,4,6-10,14-15,25H,3,5,11-13H2. The molecule has 1 amide bonds. The van der Waals surface area contributed by atoms with Gasteiger partial charge in [0, 0.05) is 24.0 Å². The number of nitrogens with one attached hydrogen (secondary N) is 1. The second-order valence-corrected chi connectivity index (χ2v) is 7.10. The topological polar surface area (TPSA) is 63.7 Å². The van der Waals surface area contributed by atoms with Crippen molar-refractivity contribution in [1.82, 2.24) is 4.98 Å². The zero-order chi connectivity index (χ0) is 19.6. The van der Waals surface area contributed by atoms with Crippen LogP contribution in [-0.2, 0) is 6.42 Å². The van der Waals surface area contributed by atoms with E-state index in [9.17, 15) is 4.79 Å². The number of carbonyl (C=O) groups is 1. The lowest BCUT2D eigenvalue weighted by Crippen LogP contribution is -2.35. The van der Waals surface area contributed by atoms with Gasteiger partial charge in [0.05, 0.1) is 11.9 Å². The van der Waals surface area contributed by atoms with E-state index < -0.39 is 0 Å². The Hall–Kier alpha value is -3.54. The van der Waals surface area contributed by atoms with Crippen LogP contribution >= 0.6 is 0 Å². The Morgan fingerprint density at radius 2 is 1.79 bits per heavy atom. The lowest BCUT2D eigenvalue weighted by Gasteiger charge is -2.29. The minimum absolute atomic E-state index is 0.0666. The van der Waals surface area contributed by atoms with E-state index in [2.05, 4.69) is 16.4 Å². The Balaban J connectivity index is 1.32. The number of pyridine rings is 1. The van der Waals surface area contributed by atoms with Crippen molar-refractivity contribution >= 4 is 23.0 Å². The summed E-state index contributed by atoms with van der Waals surface area (Å²) in [7, 11) is 0. The minimum Gasteiger partial charge on any atom is -0.486 e. The van der Waals surface area contributed by atoms with Crippen LogP contribution in [0.3, 0.4) is 0 Å². The first-order valence-corrected chi connectivity index (χ1v) is 9.80. The van der Waals surface area contributed by atoms with Crippen LogP contribution in [0.5, 0.6) is 11.5 Å². The summed E-state index contributed by atoms with van der Waals surface area (Å²) in [6, 6.07) is 17.4. The third-order valence-corrected chi connectivity index (χ3v) is 5.17. The van der Waals surface area contributed by atoms with Gasteiger partial charge in [0.2, 0.25) is 0 Å². The summed E-state index contributed by atoms with van der Waals surface area (Å²) in [6.45, 7) is 1.84. The van der Waals surface area contributed by atoms with E-state index >= 15 is 0 Å². The zero-order valence-electron chi connectivity index (χ0n) is 15.9. The van der Waals surface area contributed by atoms with E-state index in [0.29, 0.717) is 25.5 Å². The highest BCUT2D eigenvalue weighted by molar-refractivity contribution is 6.05. The van der Waals surface area contributed by atoms with Gasteiger partial charge in [0.25, 0.3) is 5.91 Å². The van der Waals surface area contributed by atoms with Crippen molar-refractivity contribution in [2.24, 2.45) is 0 Å². The average Bonchev–Trinajstić information content (AvgIpc) is 2.79. The molecule has 6 heteroatoms. The normalized spacial score (nSPS) is 14.8. The van der Waals surface area contributed by atoms with E-state index in [0.717, 1.165) is 41.4 Å². The van der Waals surface area contributed by atoms with Gasteiger partial charge in [0.15, 0.2) is 11.5 Å². The summed E-state index contributed by atoms with van der Waals surface area (Å²) >= 11 is 0. The van der Waals surface area contributed by atoms with Crippen molar-refractivity contribution in [3.8, 4) is 11.5 Å². The molecule has 3 heterocycles. The number of carbonyl (C=O) groups excluding carboxylic acids is 1. The molecular weight excluding hydrogens is 366 g/mol. The fraction of sp³-hybridized carbons (Fsp3) is 0.217. The quantitative estimate of drug-likeness (QED) is 0.730. The molecule has 5 rings (SSSR count). The largest absolute Gasteiger partial charge is 0.486 e. The molecule has 0 radical (unpaired) electrons. The Kier molecular flexibility index (Phi) is 4.52. The van der Waals surface area contributed by atoms with Gasteiger partial charge in [-0.05, 0) is 48.7 Å². The van der Waals surface area contributed by atoms with Crippen molar-refractivity contribution in [2.45, 2.75) is 12.8 Å². The molecule has 0 bridgehead atoms. The van der Waals surface area contributed by atoms with Gasteiger partial charge in [-0.15, -0.1) is 0 Å². The average molecular weight is 387 g/mol. The molecule has 6 nitrogen and oxygen atoms in total. The van der Waals surface area contributed by atoms with Crippen molar-refractivity contribution in [2.75, 3.05) is 30.0 Å². The lowest BCUT2D eigenvalue weighted by molar-refractivity contribution is 0.0980. The number of ether oxygens (including phenoxy) is 2. The van der Waals surface area contributed by atoms with Crippen LogP contribution < -0.4 is 19.7 Å². The number of amides is 1. The van der Waals surface area contributed by atoms with Crippen LogP contribution in [-0.4, -0.2) is 30.6 Å². The number of hydrogen-bond donors (Lipinski definition) is 1. The molecular formula is C23H21N3O3. The monoisotopic (exact) mass is 387 g/mol. The maximum Gasteiger partial charge on any atom is 0.276 e. The summed E-state index contributed by atoms with van der Waals surface area (Å²) in [4.78, 5) is 19.2. The van der Waals surface area contributed by atoms with E-state index in [-0.39, 0.29) is 5.91 Å². The second kappa shape index (κ2) is 7.47. The minimum atomic E-state index is -0.0666. The molecule has 2 aromatic carbocycles. The van der Waals surface area contributed by atoms with Gasteiger partial charge in [-0.25, -0.2) is 4.98 Å². The van der Waals surface area contributed by atoms with Crippen molar-refractivity contribution in [3.05, 3.63) is 72.1 Å². The van der Waals surface area contributed by atoms with Gasteiger partial charge in [-0.2, -0.15) is 0 Å². The number of para-hydroxylation sites is 1. The number of fused-ring (bicyclic) bond motifs is 2. The number of aryl methyl sites for hydroxylation is 1. The zero-order valence-corrected chi connectivity index (χ0v) is 15.9. The summed E-state index contributed by atoms with van der Waals surface area (Å²) in [5, 5.41) is 3.29. The third kappa shape index (κ3) is 3.49. The molecule has 0 fully saturated rings. The molecule has 0 atom stereocenters. The van der Waals surface area contributed by atoms with E-state index in [4.69, 9.17) is 9.47 Å². The van der Waals surface area contributed by atoms with E-state index in [1.807, 2.05) is 47.4 Å². The van der Waals surface area contributed by atoms with Crippen LogP contribution in [0.1, 0.15) is 22.5 Å². The Morgan fingerprint density at radius 3 is 2.66 bits per heavy atom. The molecule has 1 N–H and O–H groups in total. The smallest absolute Gasteiger partial charge is 0.276 e. The predicted molar refractivity (Wildman–Crippen MR) is 111 cm³/mol. The highest BCUT2D eigenvalue weighted by atomic mass is 16.6. The number of benzene rings is 2. The van der Waals surface area contributed by atoms with Crippen LogP contribution in [0.25, 0.3) is 0 Å². The number of anilines is 3. The SMILES string of the molecule is O=C(c1ccc(Nc2ccc3c(c2)OCCO3)cn1)N1CCCc2ccccc21. The molecule has 2 aliphatic rings. The lowest BCUT2D eigenvalue weighted by atomic mass is 10.0. The molecule has 0 unspecified atom stereocenters. The summed E-state index contributed by atoms with van der Waals surface area (Å²) < 4.78 is 11.2. The van der Waals surface area contributed by atoms with Gasteiger partial charge in [-0.1, -0.05) is 18.2 Å². The summed E-state index contributed by atoms with van der Waals surface area (Å²) in [6.07, 6.45) is 3.65. The predicted octanol–water partition coefficient (Wildman–Crippen LogP) is 4.19. The second-order valence-electron chi connectivity index (χ2n) is 7.10. The van der Waals surface area contributed by atoms with Crippen molar-refractivity contribution in [1.29, 1.82) is 0 Å². The number of hydrogen-bond acceptors (Lipinski definition) is 5. The molecule has 29 heavy (non-hydrogen) atoms. The molecule has 0 saturated carbocycles. The van der Waals surface area contributed by atoms with Crippen LogP contribution in [0.2, 0.25) is 0 Å². The fourth-order valence-corrected chi connectivity index (χ4v) is 3.76. The third-order valence-electron chi connectivity index (χ3n) is 5.17. The molecule has 0 spiro atoms. The highest BCUT2D eigenvalue weighted by Gasteiger charge is 2.24. The van der Waals surface area contributed by atoms with Gasteiger partial charge >= 0.3 is 0 Å². The maximum atomic E-state index is 13.0. The Labute approximate surface area is 169 Å². The Bertz CT molecular complexity index is 1050. The maximum absolute atomic E-state index is 13.0. The van der Waals surface area contributed by atoms with Gasteiger partial charge in [-0.3, -0.25) is 4.79 Å². The van der Waals surface area contributed by atoms with E-state index in [1.165, 1.54) is 5.56 Å². The molecule has 146 valence electrons. The highest BCUT2D eigenvalue weighted by Crippen LogP contribution is 2.33. The molecule has 1 aromatic heterocycles. The van der Waals surface area contributed by atoms with Gasteiger partial charge < -0.3 is 19.7 Å². The van der Waals surface area contributed by atoms with Crippen LogP contribution in [0, 0.1) is 0 Å². The first-order valence-electron chi connectivity index (χ1n) is 9.80. The summed E-state index contributed by atoms with van der Waals surface area (Å²) in [5.74, 6) is 1.41. The first-order chi connectivity index (χ1) is 14.3. The van der Waals surface area contributed by atoms with Crippen LogP contribution in [0.4, 0.5) is 17.1 Å². The fourth-order valence-electron chi connectivity index (χ4n) is 3.76. The molecule has 0 aliphatic carbocycles. The summed E-state index contributed by atoms with van der Waals surface area (Å²) in [5.41, 5.74) is 4.32. The number of aromatic nitrogens is 1. The first kappa shape index (κ1) is 17.6. The number of nitrogens with zero attached hydrogens (tertiary/aromatic N) is 2. The van der Waals surface area contributed by atoms with Gasteiger partial charge in [0.1, 0.15) is 18.9 Å². The van der Waals surface area contributed by atoms with E-state index in [1.54, 1.807) is 12.3 Å². The van der Waals surface area contributed by atoms with Crippen LogP contribution in [0.15, 0.2) is 60.8 Å². The van der Waals surface area contributed by atoms with Crippen molar-refractivity contribution in [3.63, 3.8) is 0 Å². The number of rotatable bonds is 3. The molecule has 2 aliphatic heterocycles. The van der Waals surface area contributed by atoms with Crippen molar-refractivity contribution < 1.29 is 14.3 Å². The Morgan fingerprint density at radius 1 is 0.966 bits per heavy atom. The molecule has 0 saturated heterocycles.